The van der Waals surface area contributed by atoms with Crippen LogP contribution in [0.1, 0.15) is 42.5 Å². The first-order chi connectivity index (χ1) is 17.2. The van der Waals surface area contributed by atoms with Crippen LogP contribution in [-0.4, -0.2) is 47.5 Å². The molecule has 182 valence electrons. The van der Waals surface area contributed by atoms with E-state index < -0.39 is 0 Å². The van der Waals surface area contributed by atoms with Gasteiger partial charge in [-0.2, -0.15) is 14.6 Å². The third-order valence-corrected chi connectivity index (χ3v) is 6.73. The number of morpholine rings is 1. The standard InChI is InChI=1S/C29H34N4O2/c1-4-7-23(8-5-2)26-18-27-30-28(19-29(33(27)31-26)32-13-15-34-16-14-32)35-20-25(22-11-12-22)24-10-6-9-21(3)17-24/h4-10,17-19,22,25H,1,11-16,20H2,2-3H3/b8-5-,23-7+. The molecule has 1 aliphatic heterocycles. The predicted octanol–water partition coefficient (Wildman–Crippen LogP) is 5.59. The molecule has 6 nitrogen and oxygen atoms in total. The van der Waals surface area contributed by atoms with Crippen LogP contribution in [0.3, 0.4) is 0 Å². The highest BCUT2D eigenvalue weighted by molar-refractivity contribution is 5.75. The van der Waals surface area contributed by atoms with Crippen molar-refractivity contribution in [2.24, 2.45) is 5.92 Å². The van der Waals surface area contributed by atoms with Crippen LogP contribution in [0, 0.1) is 12.8 Å². The number of aromatic nitrogens is 3. The Hall–Kier alpha value is -3.38. The van der Waals surface area contributed by atoms with Gasteiger partial charge >= 0.3 is 0 Å². The molecule has 1 saturated heterocycles. The van der Waals surface area contributed by atoms with Gasteiger partial charge in [-0.25, -0.2) is 0 Å². The molecule has 6 heteroatoms. The van der Waals surface area contributed by atoms with Crippen molar-refractivity contribution >= 4 is 17.0 Å². The van der Waals surface area contributed by atoms with Crippen molar-refractivity contribution < 1.29 is 9.47 Å². The van der Waals surface area contributed by atoms with E-state index in [0.29, 0.717) is 37.5 Å². The first kappa shape index (κ1) is 23.4. The van der Waals surface area contributed by atoms with Gasteiger partial charge < -0.3 is 14.4 Å². The quantitative estimate of drug-likeness (QED) is 0.382. The van der Waals surface area contributed by atoms with E-state index in [1.165, 1.54) is 24.0 Å². The first-order valence-electron chi connectivity index (χ1n) is 12.5. The number of anilines is 1. The second kappa shape index (κ2) is 10.5. The summed E-state index contributed by atoms with van der Waals surface area (Å²) in [5, 5.41) is 4.91. The van der Waals surface area contributed by atoms with Gasteiger partial charge in [0.15, 0.2) is 5.65 Å². The molecule has 1 aliphatic carbocycles. The summed E-state index contributed by atoms with van der Waals surface area (Å²) in [7, 11) is 0. The fraction of sp³-hybridized carbons (Fsp3) is 0.379. The molecule has 1 atom stereocenters. The summed E-state index contributed by atoms with van der Waals surface area (Å²) in [6, 6.07) is 12.9. The van der Waals surface area contributed by atoms with Crippen LogP contribution in [0.5, 0.6) is 5.88 Å². The monoisotopic (exact) mass is 470 g/mol. The minimum atomic E-state index is 0.386. The van der Waals surface area contributed by atoms with Gasteiger partial charge in [0.2, 0.25) is 5.88 Å². The molecule has 1 aromatic carbocycles. The van der Waals surface area contributed by atoms with Crippen molar-refractivity contribution in [3.05, 3.63) is 84.1 Å². The Balaban J connectivity index is 1.48. The van der Waals surface area contributed by atoms with E-state index in [9.17, 15) is 0 Å². The van der Waals surface area contributed by atoms with Crippen molar-refractivity contribution in [3.8, 4) is 5.88 Å². The van der Waals surface area contributed by atoms with Gasteiger partial charge in [0.05, 0.1) is 25.5 Å². The highest BCUT2D eigenvalue weighted by atomic mass is 16.5. The van der Waals surface area contributed by atoms with Crippen LogP contribution >= 0.6 is 0 Å². The summed E-state index contributed by atoms with van der Waals surface area (Å²) in [6.45, 7) is 11.7. The molecule has 35 heavy (non-hydrogen) atoms. The van der Waals surface area contributed by atoms with Crippen molar-refractivity contribution in [2.75, 3.05) is 37.8 Å². The van der Waals surface area contributed by atoms with Gasteiger partial charge in [-0.3, -0.25) is 0 Å². The van der Waals surface area contributed by atoms with E-state index in [0.717, 1.165) is 35.8 Å². The largest absolute Gasteiger partial charge is 0.477 e. The van der Waals surface area contributed by atoms with Gasteiger partial charge in [-0.1, -0.05) is 60.7 Å². The average molecular weight is 471 g/mol. The molecule has 2 aliphatic rings. The molecule has 0 radical (unpaired) electrons. The smallest absolute Gasteiger partial charge is 0.219 e. The van der Waals surface area contributed by atoms with Crippen LogP contribution < -0.4 is 9.64 Å². The molecule has 2 fully saturated rings. The summed E-state index contributed by atoms with van der Waals surface area (Å²) in [6.07, 6.45) is 10.3. The van der Waals surface area contributed by atoms with Crippen molar-refractivity contribution in [1.82, 2.24) is 14.6 Å². The molecule has 0 N–H and O–H groups in total. The van der Waals surface area contributed by atoms with Gasteiger partial charge in [-0.15, -0.1) is 0 Å². The molecule has 3 aromatic rings. The number of allylic oxidation sites excluding steroid dienone is 5. The lowest BCUT2D eigenvalue weighted by Gasteiger charge is -2.29. The van der Waals surface area contributed by atoms with E-state index >= 15 is 0 Å². The molecule has 2 aromatic heterocycles. The Labute approximate surface area is 207 Å². The van der Waals surface area contributed by atoms with E-state index in [1.54, 1.807) is 6.08 Å². The minimum absolute atomic E-state index is 0.386. The molecule has 1 saturated carbocycles. The Kier molecular flexibility index (Phi) is 7.00. The zero-order chi connectivity index (χ0) is 24.2. The lowest BCUT2D eigenvalue weighted by atomic mass is 9.94. The van der Waals surface area contributed by atoms with E-state index in [2.05, 4.69) is 42.7 Å². The highest BCUT2D eigenvalue weighted by Gasteiger charge is 2.33. The summed E-state index contributed by atoms with van der Waals surface area (Å²) in [4.78, 5) is 7.16. The number of nitrogens with zero attached hydrogens (tertiary/aromatic N) is 4. The Bertz CT molecular complexity index is 1250. The van der Waals surface area contributed by atoms with Crippen molar-refractivity contribution in [3.63, 3.8) is 0 Å². The third kappa shape index (κ3) is 5.33. The van der Waals surface area contributed by atoms with Gasteiger partial charge in [0.25, 0.3) is 0 Å². The predicted molar refractivity (Wildman–Crippen MR) is 141 cm³/mol. The normalized spacial score (nSPS) is 17.8. The molecular weight excluding hydrogens is 436 g/mol. The number of fused-ring (bicyclic) bond motifs is 1. The number of aryl methyl sites for hydroxylation is 1. The van der Waals surface area contributed by atoms with Gasteiger partial charge in [0.1, 0.15) is 5.82 Å². The number of rotatable bonds is 9. The molecule has 3 heterocycles. The lowest BCUT2D eigenvalue weighted by molar-refractivity contribution is 0.122. The van der Waals surface area contributed by atoms with E-state index in [-0.39, 0.29) is 0 Å². The highest BCUT2D eigenvalue weighted by Crippen LogP contribution is 2.43. The maximum atomic E-state index is 6.41. The SMILES string of the molecule is C=C/C=C(\C=C/C)c1cc2nc(OCC(c3cccc(C)c3)C3CC3)cc(N3CCOCC3)n2n1. The van der Waals surface area contributed by atoms with Gasteiger partial charge in [-0.05, 0) is 38.2 Å². The fourth-order valence-corrected chi connectivity index (χ4v) is 4.78. The first-order valence-corrected chi connectivity index (χ1v) is 12.5. The average Bonchev–Trinajstić information content (AvgIpc) is 3.62. The zero-order valence-electron chi connectivity index (χ0n) is 20.7. The summed E-state index contributed by atoms with van der Waals surface area (Å²) < 4.78 is 13.9. The maximum Gasteiger partial charge on any atom is 0.219 e. The summed E-state index contributed by atoms with van der Waals surface area (Å²) in [5.74, 6) is 2.70. The maximum absolute atomic E-state index is 6.41. The van der Waals surface area contributed by atoms with Gasteiger partial charge in [0, 0.05) is 36.7 Å². The van der Waals surface area contributed by atoms with Crippen LogP contribution in [-0.2, 0) is 4.74 Å². The minimum Gasteiger partial charge on any atom is -0.477 e. The fourth-order valence-electron chi connectivity index (χ4n) is 4.78. The molecule has 0 spiro atoms. The van der Waals surface area contributed by atoms with Crippen LogP contribution in [0.15, 0.2) is 67.3 Å². The Morgan fingerprint density at radius 2 is 2.06 bits per heavy atom. The topological polar surface area (TPSA) is 51.9 Å². The summed E-state index contributed by atoms with van der Waals surface area (Å²) in [5.41, 5.74) is 5.28. The number of ether oxygens (including phenoxy) is 2. The van der Waals surface area contributed by atoms with Crippen LogP contribution in [0.2, 0.25) is 0 Å². The molecule has 5 rings (SSSR count). The van der Waals surface area contributed by atoms with Crippen molar-refractivity contribution in [1.29, 1.82) is 0 Å². The van der Waals surface area contributed by atoms with E-state index in [4.69, 9.17) is 19.6 Å². The Morgan fingerprint density at radius 3 is 2.77 bits per heavy atom. The molecule has 0 amide bonds. The number of benzene rings is 1. The van der Waals surface area contributed by atoms with E-state index in [1.807, 2.05) is 41.8 Å². The second-order valence-corrected chi connectivity index (χ2v) is 9.38. The van der Waals surface area contributed by atoms with Crippen LogP contribution in [0.4, 0.5) is 5.82 Å². The summed E-state index contributed by atoms with van der Waals surface area (Å²) >= 11 is 0. The Morgan fingerprint density at radius 1 is 1.23 bits per heavy atom. The molecule has 1 unspecified atom stereocenters. The molecular formula is C29H34N4O2. The second-order valence-electron chi connectivity index (χ2n) is 9.38. The van der Waals surface area contributed by atoms with Crippen LogP contribution in [0.25, 0.3) is 11.2 Å². The number of hydrogen-bond acceptors (Lipinski definition) is 5. The lowest BCUT2D eigenvalue weighted by Crippen LogP contribution is -2.37. The third-order valence-electron chi connectivity index (χ3n) is 6.73. The zero-order valence-corrected chi connectivity index (χ0v) is 20.7. The molecule has 0 bridgehead atoms. The van der Waals surface area contributed by atoms with Crippen molar-refractivity contribution in [2.45, 2.75) is 32.6 Å². The number of hydrogen-bond donors (Lipinski definition) is 0.